The molecule has 10 heteroatoms. The summed E-state index contributed by atoms with van der Waals surface area (Å²) in [5, 5.41) is 17.1. The zero-order valence-electron chi connectivity index (χ0n) is 18.2. The Balaban J connectivity index is 1.93. The van der Waals surface area contributed by atoms with E-state index in [1.807, 2.05) is 37.3 Å². The molecule has 10 nitrogen and oxygen atoms in total. The number of aliphatic carboxylic acids is 1. The van der Waals surface area contributed by atoms with Crippen molar-refractivity contribution in [2.75, 3.05) is 13.1 Å². The van der Waals surface area contributed by atoms with Crippen LogP contribution in [0.15, 0.2) is 30.3 Å². The van der Waals surface area contributed by atoms with E-state index in [9.17, 15) is 24.3 Å². The number of nitrogens with one attached hydrogen (secondary N) is 3. The first-order chi connectivity index (χ1) is 15.4. The maximum absolute atomic E-state index is 12.6. The summed E-state index contributed by atoms with van der Waals surface area (Å²) >= 11 is 0. The van der Waals surface area contributed by atoms with Crippen molar-refractivity contribution in [2.45, 2.75) is 63.3 Å². The van der Waals surface area contributed by atoms with Crippen LogP contribution in [-0.4, -0.2) is 66.2 Å². The van der Waals surface area contributed by atoms with Crippen LogP contribution in [0.3, 0.4) is 0 Å². The second-order valence-electron chi connectivity index (χ2n) is 7.70. The predicted octanol–water partition coefficient (Wildman–Crippen LogP) is -0.294. The number of hydrogen-bond donors (Lipinski definition) is 5. The van der Waals surface area contributed by atoms with E-state index in [4.69, 9.17) is 10.5 Å². The zero-order valence-corrected chi connectivity index (χ0v) is 18.2. The van der Waals surface area contributed by atoms with Crippen molar-refractivity contribution in [3.05, 3.63) is 35.9 Å². The average molecular weight is 449 g/mol. The maximum Gasteiger partial charge on any atom is 0.326 e. The minimum Gasteiger partial charge on any atom is -0.480 e. The lowest BCUT2D eigenvalue weighted by atomic mass is 10.0. The molecule has 1 aliphatic rings. The molecule has 4 atom stereocenters. The van der Waals surface area contributed by atoms with Crippen molar-refractivity contribution in [1.82, 2.24) is 16.0 Å². The quantitative estimate of drug-likeness (QED) is 0.193. The molecule has 3 amide bonds. The van der Waals surface area contributed by atoms with E-state index in [0.29, 0.717) is 25.9 Å². The first-order valence-electron chi connectivity index (χ1n) is 10.9. The zero-order chi connectivity index (χ0) is 23.5. The third-order valence-electron chi connectivity index (χ3n) is 5.03. The van der Waals surface area contributed by atoms with E-state index >= 15 is 0 Å². The maximum atomic E-state index is 12.6. The van der Waals surface area contributed by atoms with E-state index in [2.05, 4.69) is 16.0 Å². The summed E-state index contributed by atoms with van der Waals surface area (Å²) in [4.78, 5) is 48.8. The number of unbranched alkanes of at least 4 members (excludes halogenated alkanes) is 1. The molecule has 2 unspecified atom stereocenters. The average Bonchev–Trinajstić information content (AvgIpc) is 3.58. The molecule has 0 aliphatic carbocycles. The van der Waals surface area contributed by atoms with Crippen LogP contribution < -0.4 is 21.7 Å². The molecular weight excluding hydrogens is 416 g/mol. The Hall–Kier alpha value is -2.98. The first-order valence-corrected chi connectivity index (χ1v) is 10.9. The monoisotopic (exact) mass is 448 g/mol. The summed E-state index contributed by atoms with van der Waals surface area (Å²) in [7, 11) is 0. The second kappa shape index (κ2) is 12.8. The van der Waals surface area contributed by atoms with Gasteiger partial charge in [-0.05, 0) is 37.8 Å². The van der Waals surface area contributed by atoms with Gasteiger partial charge in [0.2, 0.25) is 5.91 Å². The molecule has 1 aromatic carbocycles. The molecule has 1 aliphatic heterocycles. The molecule has 1 aromatic rings. The molecule has 32 heavy (non-hydrogen) atoms. The number of carboxylic acid groups (broad SMARTS) is 1. The number of hydrogen-bond acceptors (Lipinski definition) is 6. The van der Waals surface area contributed by atoms with Gasteiger partial charge in [0.15, 0.2) is 12.2 Å². The number of ether oxygens (including phenoxy) is 1. The van der Waals surface area contributed by atoms with Gasteiger partial charge in [0.25, 0.3) is 11.8 Å². The highest BCUT2D eigenvalue weighted by Crippen LogP contribution is 2.23. The van der Waals surface area contributed by atoms with Crippen LogP contribution in [0.1, 0.15) is 38.2 Å². The topological polar surface area (TPSA) is 163 Å². The third kappa shape index (κ3) is 7.93. The van der Waals surface area contributed by atoms with E-state index in [-0.39, 0.29) is 18.7 Å². The van der Waals surface area contributed by atoms with Crippen molar-refractivity contribution >= 4 is 23.7 Å². The van der Waals surface area contributed by atoms with Gasteiger partial charge < -0.3 is 31.5 Å². The number of nitrogens with two attached hydrogens (primary N) is 1. The van der Waals surface area contributed by atoms with Crippen LogP contribution in [-0.2, 0) is 30.3 Å². The van der Waals surface area contributed by atoms with Crippen molar-refractivity contribution in [2.24, 2.45) is 5.73 Å². The Bertz CT molecular complexity index is 788. The number of rotatable bonds is 14. The molecular formula is C22H32N4O6. The number of benzene rings is 1. The molecule has 0 saturated carbocycles. The Kier molecular flexibility index (Phi) is 10.1. The van der Waals surface area contributed by atoms with Crippen molar-refractivity contribution < 1.29 is 29.0 Å². The van der Waals surface area contributed by atoms with Crippen LogP contribution >= 0.6 is 0 Å². The van der Waals surface area contributed by atoms with Gasteiger partial charge in [-0.1, -0.05) is 37.3 Å². The highest BCUT2D eigenvalue weighted by atomic mass is 16.6. The minimum absolute atomic E-state index is 0.235. The SMILES string of the molecule is CCCNC(=O)[C@H](Cc1ccccc1)NC(=O)C1OC1C(=O)N[C@@H](CCCCN)C(=O)O. The standard InChI is InChI=1S/C22H32N4O6/c1-2-12-24-19(27)16(13-14-8-4-3-5-9-14)26-21(29)18-17(32-18)20(28)25-15(22(30)31)10-6-7-11-23/h3-5,8-9,15-18H,2,6-7,10-13,23H2,1H3,(H,24,27)(H,25,28)(H,26,29)(H,30,31)/t15-,16-,17?,18?/m0/s1. The summed E-state index contributed by atoms with van der Waals surface area (Å²) in [5.41, 5.74) is 6.28. The van der Waals surface area contributed by atoms with Crippen LogP contribution in [0.25, 0.3) is 0 Å². The van der Waals surface area contributed by atoms with Gasteiger partial charge in [-0.2, -0.15) is 0 Å². The lowest BCUT2D eigenvalue weighted by Crippen LogP contribution is -2.50. The van der Waals surface area contributed by atoms with Gasteiger partial charge >= 0.3 is 5.97 Å². The Morgan fingerprint density at radius 1 is 1.03 bits per heavy atom. The van der Waals surface area contributed by atoms with Gasteiger partial charge in [-0.15, -0.1) is 0 Å². The van der Waals surface area contributed by atoms with Gasteiger partial charge in [-0.25, -0.2) is 4.79 Å². The Morgan fingerprint density at radius 2 is 1.66 bits per heavy atom. The number of epoxide rings is 1. The third-order valence-corrected chi connectivity index (χ3v) is 5.03. The molecule has 176 valence electrons. The number of carbonyl (C=O) groups excluding carboxylic acids is 3. The van der Waals surface area contributed by atoms with Crippen LogP contribution in [0.2, 0.25) is 0 Å². The van der Waals surface area contributed by atoms with Crippen LogP contribution in [0, 0.1) is 0 Å². The molecule has 1 saturated heterocycles. The fraction of sp³-hybridized carbons (Fsp3) is 0.545. The lowest BCUT2D eigenvalue weighted by molar-refractivity contribution is -0.142. The predicted molar refractivity (Wildman–Crippen MR) is 117 cm³/mol. The van der Waals surface area contributed by atoms with Crippen molar-refractivity contribution in [1.29, 1.82) is 0 Å². The Labute approximate surface area is 187 Å². The van der Waals surface area contributed by atoms with Gasteiger partial charge in [0.05, 0.1) is 0 Å². The molecule has 6 N–H and O–H groups in total. The fourth-order valence-corrected chi connectivity index (χ4v) is 3.20. The van der Waals surface area contributed by atoms with Crippen LogP contribution in [0.5, 0.6) is 0 Å². The van der Waals surface area contributed by atoms with Gasteiger partial charge in [0, 0.05) is 13.0 Å². The Morgan fingerprint density at radius 3 is 2.22 bits per heavy atom. The van der Waals surface area contributed by atoms with E-state index in [1.165, 1.54) is 0 Å². The molecule has 0 radical (unpaired) electrons. The van der Waals surface area contributed by atoms with Crippen molar-refractivity contribution in [3.8, 4) is 0 Å². The van der Waals surface area contributed by atoms with Crippen LogP contribution in [0.4, 0.5) is 0 Å². The largest absolute Gasteiger partial charge is 0.480 e. The van der Waals surface area contributed by atoms with Gasteiger partial charge in [-0.3, -0.25) is 14.4 Å². The molecule has 0 aromatic heterocycles. The van der Waals surface area contributed by atoms with E-state index < -0.39 is 42.1 Å². The summed E-state index contributed by atoms with van der Waals surface area (Å²) in [6, 6.07) is 7.35. The smallest absolute Gasteiger partial charge is 0.326 e. The highest BCUT2D eigenvalue weighted by molar-refractivity contribution is 5.98. The summed E-state index contributed by atoms with van der Waals surface area (Å²) in [6.07, 6.45) is 0.326. The summed E-state index contributed by atoms with van der Waals surface area (Å²) < 4.78 is 5.19. The number of amides is 3. The summed E-state index contributed by atoms with van der Waals surface area (Å²) in [5.74, 6) is -2.74. The fourth-order valence-electron chi connectivity index (χ4n) is 3.20. The number of carbonyl (C=O) groups is 4. The summed E-state index contributed by atoms with van der Waals surface area (Å²) in [6.45, 7) is 2.84. The van der Waals surface area contributed by atoms with E-state index in [1.54, 1.807) is 0 Å². The van der Waals surface area contributed by atoms with Gasteiger partial charge in [0.1, 0.15) is 12.1 Å². The molecule has 1 heterocycles. The van der Waals surface area contributed by atoms with E-state index in [0.717, 1.165) is 12.0 Å². The molecule has 2 rings (SSSR count). The lowest BCUT2D eigenvalue weighted by Gasteiger charge is -2.18. The molecule has 0 bridgehead atoms. The normalized spacial score (nSPS) is 18.8. The highest BCUT2D eigenvalue weighted by Gasteiger charge is 2.51. The first kappa shape index (κ1) is 25.3. The molecule has 0 spiro atoms. The number of carboxylic acids is 1. The second-order valence-corrected chi connectivity index (χ2v) is 7.70. The van der Waals surface area contributed by atoms with Crippen molar-refractivity contribution in [3.63, 3.8) is 0 Å². The molecule has 1 fully saturated rings. The minimum atomic E-state index is -1.16.